The van der Waals surface area contributed by atoms with Crippen LogP contribution in [0, 0.1) is 6.92 Å². The van der Waals surface area contributed by atoms with Gasteiger partial charge in [-0.15, -0.1) is 0 Å². The van der Waals surface area contributed by atoms with E-state index in [2.05, 4.69) is 21.2 Å². The summed E-state index contributed by atoms with van der Waals surface area (Å²) < 4.78 is 12.0. The van der Waals surface area contributed by atoms with E-state index in [0.717, 1.165) is 16.5 Å². The Morgan fingerprint density at radius 3 is 2.65 bits per heavy atom. The van der Waals surface area contributed by atoms with E-state index in [1.807, 2.05) is 56.3 Å². The number of nitrogens with one attached hydrogen (secondary N) is 1. The quantitative estimate of drug-likeness (QED) is 0.768. The molecule has 0 saturated carbocycles. The summed E-state index contributed by atoms with van der Waals surface area (Å²) in [5.41, 5.74) is 1.77. The molecule has 0 bridgehead atoms. The molecule has 0 radical (unpaired) electrons. The summed E-state index contributed by atoms with van der Waals surface area (Å²) in [4.78, 5) is 12.1. The molecule has 0 heterocycles. The zero-order chi connectivity index (χ0) is 16.7. The van der Waals surface area contributed by atoms with Crippen molar-refractivity contribution in [1.29, 1.82) is 0 Å². The fourth-order valence-corrected chi connectivity index (χ4v) is 2.57. The fraction of sp³-hybridized carbons (Fsp3) is 0.278. The molecule has 1 N–H and O–H groups in total. The molecule has 0 aliphatic heterocycles. The third kappa shape index (κ3) is 5.28. The summed E-state index contributed by atoms with van der Waals surface area (Å²) >= 11 is 3.43. The van der Waals surface area contributed by atoms with Crippen LogP contribution in [0.1, 0.15) is 18.9 Å². The average Bonchev–Trinajstić information content (AvgIpc) is 2.53. The molecule has 0 fully saturated rings. The number of anilines is 1. The molecular formula is C18H20BrNO3. The molecule has 5 heteroatoms. The van der Waals surface area contributed by atoms with Crippen molar-refractivity contribution in [1.82, 2.24) is 0 Å². The molecule has 0 aromatic heterocycles. The van der Waals surface area contributed by atoms with E-state index in [-0.39, 0.29) is 12.5 Å². The van der Waals surface area contributed by atoms with Crippen molar-refractivity contribution in [2.45, 2.75) is 20.3 Å². The van der Waals surface area contributed by atoms with Crippen molar-refractivity contribution < 1.29 is 14.3 Å². The van der Waals surface area contributed by atoms with Crippen LogP contribution in [0.5, 0.6) is 11.5 Å². The Morgan fingerprint density at radius 1 is 1.13 bits per heavy atom. The van der Waals surface area contributed by atoms with Gasteiger partial charge < -0.3 is 14.8 Å². The average molecular weight is 378 g/mol. The molecule has 1 amide bonds. The highest BCUT2D eigenvalue weighted by Crippen LogP contribution is 2.26. The molecule has 2 aromatic rings. The van der Waals surface area contributed by atoms with Crippen molar-refractivity contribution in [3.05, 3.63) is 52.5 Å². The van der Waals surface area contributed by atoms with Crippen LogP contribution in [-0.2, 0) is 4.79 Å². The van der Waals surface area contributed by atoms with Gasteiger partial charge in [-0.1, -0.05) is 25.1 Å². The lowest BCUT2D eigenvalue weighted by atomic mass is 10.2. The van der Waals surface area contributed by atoms with E-state index in [1.54, 1.807) is 0 Å². The van der Waals surface area contributed by atoms with Crippen LogP contribution in [0.2, 0.25) is 0 Å². The van der Waals surface area contributed by atoms with E-state index in [1.165, 1.54) is 0 Å². The second-order valence-electron chi connectivity index (χ2n) is 5.12. The lowest BCUT2D eigenvalue weighted by Gasteiger charge is -2.13. The Morgan fingerprint density at radius 2 is 1.91 bits per heavy atom. The van der Waals surface area contributed by atoms with Gasteiger partial charge in [0.1, 0.15) is 11.5 Å². The van der Waals surface area contributed by atoms with Crippen LogP contribution in [0.3, 0.4) is 0 Å². The Balaban J connectivity index is 1.94. The Hall–Kier alpha value is -2.01. The van der Waals surface area contributed by atoms with Crippen LogP contribution in [0.25, 0.3) is 0 Å². The lowest BCUT2D eigenvalue weighted by Crippen LogP contribution is -2.20. The largest absolute Gasteiger partial charge is 0.491 e. The highest BCUT2D eigenvalue weighted by Gasteiger charge is 2.09. The van der Waals surface area contributed by atoms with Crippen molar-refractivity contribution in [2.24, 2.45) is 0 Å². The SMILES string of the molecule is CCCOc1ccccc1NC(=O)COc1ccc(C)cc1Br. The van der Waals surface area contributed by atoms with E-state index in [4.69, 9.17) is 9.47 Å². The molecular weight excluding hydrogens is 358 g/mol. The van der Waals surface area contributed by atoms with Crippen LogP contribution in [0.4, 0.5) is 5.69 Å². The number of rotatable bonds is 7. The number of carbonyl (C=O) groups is 1. The summed E-state index contributed by atoms with van der Waals surface area (Å²) in [5, 5.41) is 2.82. The number of amides is 1. The minimum atomic E-state index is -0.231. The molecule has 0 spiro atoms. The summed E-state index contributed by atoms with van der Waals surface area (Å²) in [7, 11) is 0. The zero-order valence-electron chi connectivity index (χ0n) is 13.3. The van der Waals surface area contributed by atoms with E-state index >= 15 is 0 Å². The van der Waals surface area contributed by atoms with Crippen molar-refractivity contribution in [3.63, 3.8) is 0 Å². The molecule has 23 heavy (non-hydrogen) atoms. The van der Waals surface area contributed by atoms with Crippen LogP contribution < -0.4 is 14.8 Å². The van der Waals surface area contributed by atoms with Gasteiger partial charge in [0.15, 0.2) is 6.61 Å². The number of hydrogen-bond acceptors (Lipinski definition) is 3. The molecule has 122 valence electrons. The topological polar surface area (TPSA) is 47.6 Å². The second kappa shape index (κ2) is 8.58. The van der Waals surface area contributed by atoms with Gasteiger partial charge in [0.25, 0.3) is 5.91 Å². The number of carbonyl (C=O) groups excluding carboxylic acids is 1. The fourth-order valence-electron chi connectivity index (χ4n) is 1.96. The number of benzene rings is 2. The standard InChI is InChI=1S/C18H20BrNO3/c1-3-10-22-17-7-5-4-6-15(17)20-18(21)12-23-16-9-8-13(2)11-14(16)19/h4-9,11H,3,10,12H2,1-2H3,(H,20,21). The molecule has 2 aromatic carbocycles. The van der Waals surface area contributed by atoms with Crippen molar-refractivity contribution >= 4 is 27.5 Å². The predicted molar refractivity (Wildman–Crippen MR) is 95.2 cm³/mol. The first-order chi connectivity index (χ1) is 11.1. The molecule has 0 saturated heterocycles. The minimum Gasteiger partial charge on any atom is -0.491 e. The van der Waals surface area contributed by atoms with Gasteiger partial charge in [0.2, 0.25) is 0 Å². The Kier molecular flexibility index (Phi) is 6.47. The molecule has 0 atom stereocenters. The van der Waals surface area contributed by atoms with Gasteiger partial charge in [-0.3, -0.25) is 4.79 Å². The summed E-state index contributed by atoms with van der Waals surface area (Å²) in [6.07, 6.45) is 0.910. The summed E-state index contributed by atoms with van der Waals surface area (Å²) in [6.45, 7) is 4.58. The third-order valence-corrected chi connectivity index (χ3v) is 3.69. The molecule has 2 rings (SSSR count). The number of halogens is 1. The normalized spacial score (nSPS) is 10.2. The van der Waals surface area contributed by atoms with Crippen LogP contribution in [0.15, 0.2) is 46.9 Å². The smallest absolute Gasteiger partial charge is 0.262 e. The number of hydrogen-bond donors (Lipinski definition) is 1. The first-order valence-corrected chi connectivity index (χ1v) is 8.30. The molecule has 0 aliphatic carbocycles. The maximum atomic E-state index is 12.1. The summed E-state index contributed by atoms with van der Waals surface area (Å²) in [5.74, 6) is 1.07. The van der Waals surface area contributed by atoms with Gasteiger partial charge in [-0.2, -0.15) is 0 Å². The zero-order valence-corrected chi connectivity index (χ0v) is 14.9. The highest BCUT2D eigenvalue weighted by molar-refractivity contribution is 9.10. The van der Waals surface area contributed by atoms with Gasteiger partial charge in [-0.05, 0) is 59.1 Å². The first-order valence-electron chi connectivity index (χ1n) is 7.50. The second-order valence-corrected chi connectivity index (χ2v) is 5.97. The molecule has 0 aliphatic rings. The van der Waals surface area contributed by atoms with E-state index in [9.17, 15) is 4.79 Å². The van der Waals surface area contributed by atoms with Crippen LogP contribution in [-0.4, -0.2) is 19.1 Å². The number of para-hydroxylation sites is 2. The van der Waals surface area contributed by atoms with E-state index < -0.39 is 0 Å². The lowest BCUT2D eigenvalue weighted by molar-refractivity contribution is -0.118. The summed E-state index contributed by atoms with van der Waals surface area (Å²) in [6, 6.07) is 13.1. The van der Waals surface area contributed by atoms with Gasteiger partial charge in [0, 0.05) is 0 Å². The van der Waals surface area contributed by atoms with E-state index in [0.29, 0.717) is 23.8 Å². The van der Waals surface area contributed by atoms with Crippen LogP contribution >= 0.6 is 15.9 Å². The molecule has 4 nitrogen and oxygen atoms in total. The minimum absolute atomic E-state index is 0.0657. The van der Waals surface area contributed by atoms with Gasteiger partial charge >= 0.3 is 0 Å². The molecule has 0 unspecified atom stereocenters. The Bertz CT molecular complexity index is 673. The third-order valence-electron chi connectivity index (χ3n) is 3.07. The monoisotopic (exact) mass is 377 g/mol. The maximum Gasteiger partial charge on any atom is 0.262 e. The number of aryl methyl sites for hydroxylation is 1. The maximum absolute atomic E-state index is 12.1. The van der Waals surface area contributed by atoms with Gasteiger partial charge in [-0.25, -0.2) is 0 Å². The predicted octanol–water partition coefficient (Wildman–Crippen LogP) is 4.56. The number of ether oxygens (including phenoxy) is 2. The Labute approximate surface area is 144 Å². The van der Waals surface area contributed by atoms with Gasteiger partial charge in [0.05, 0.1) is 16.8 Å². The highest BCUT2D eigenvalue weighted by atomic mass is 79.9. The van der Waals surface area contributed by atoms with Crippen molar-refractivity contribution in [2.75, 3.05) is 18.5 Å². The first kappa shape index (κ1) is 17.3. The van der Waals surface area contributed by atoms with Crippen molar-refractivity contribution in [3.8, 4) is 11.5 Å².